The largest absolute Gasteiger partial charge is 0.472 e. The van der Waals surface area contributed by atoms with Gasteiger partial charge in [-0.05, 0) is 44.9 Å². The van der Waals surface area contributed by atoms with Gasteiger partial charge in [0.2, 0.25) is 5.91 Å². The standard InChI is InChI=1S/C64H127N2O6P/c1-6-8-10-12-14-16-18-20-22-24-26-28-30-31-32-33-34-36-37-39-41-43-45-47-49-51-53-55-57-63(67)62(61-72-73(69,70)71-60-59-66(3,4)5)65-64(68)58-56-54-52-50-48-46-44-42-40-38-35-29-27-25-23-21-19-17-15-13-11-9-7-2/h25,27,55,57,62-63,67H,6-24,26,28-54,56,58-61H2,1-5H3,(H-,65,68,69,70)/p+1/b27-25-,57-55+. The Morgan fingerprint density at radius 2 is 0.740 bits per heavy atom. The van der Waals surface area contributed by atoms with Crippen LogP contribution in [0.5, 0.6) is 0 Å². The van der Waals surface area contributed by atoms with E-state index in [0.29, 0.717) is 17.4 Å². The van der Waals surface area contributed by atoms with Crippen LogP contribution in [-0.2, 0) is 18.4 Å². The highest BCUT2D eigenvalue weighted by Gasteiger charge is 2.28. The molecule has 0 aromatic heterocycles. The Morgan fingerprint density at radius 3 is 1.05 bits per heavy atom. The third kappa shape index (κ3) is 58.5. The smallest absolute Gasteiger partial charge is 0.387 e. The lowest BCUT2D eigenvalue weighted by molar-refractivity contribution is -0.870. The molecule has 3 unspecified atom stereocenters. The van der Waals surface area contributed by atoms with E-state index in [9.17, 15) is 19.4 Å². The van der Waals surface area contributed by atoms with E-state index in [1.807, 2.05) is 27.2 Å². The first kappa shape index (κ1) is 72.0. The highest BCUT2D eigenvalue weighted by molar-refractivity contribution is 7.47. The minimum atomic E-state index is -4.35. The molecule has 0 aliphatic heterocycles. The van der Waals surface area contributed by atoms with Crippen LogP contribution in [0.1, 0.15) is 328 Å². The van der Waals surface area contributed by atoms with Gasteiger partial charge in [0.1, 0.15) is 13.2 Å². The van der Waals surface area contributed by atoms with Gasteiger partial charge in [-0.25, -0.2) is 4.57 Å². The molecule has 0 saturated heterocycles. The number of quaternary nitrogens is 1. The zero-order valence-corrected chi connectivity index (χ0v) is 50.5. The lowest BCUT2D eigenvalue weighted by Crippen LogP contribution is -2.45. The van der Waals surface area contributed by atoms with E-state index in [2.05, 4.69) is 31.3 Å². The second kappa shape index (κ2) is 55.7. The van der Waals surface area contributed by atoms with Crippen molar-refractivity contribution in [3.8, 4) is 0 Å². The zero-order chi connectivity index (χ0) is 53.5. The number of nitrogens with zero attached hydrogens (tertiary/aromatic N) is 1. The topological polar surface area (TPSA) is 105 Å². The number of phosphoric acid groups is 1. The van der Waals surface area contributed by atoms with Gasteiger partial charge in [-0.3, -0.25) is 13.8 Å². The van der Waals surface area contributed by atoms with Gasteiger partial charge in [-0.2, -0.15) is 0 Å². The first-order valence-electron chi connectivity index (χ1n) is 32.2. The maximum absolute atomic E-state index is 13.0. The fourth-order valence-corrected chi connectivity index (χ4v) is 10.6. The molecule has 0 aliphatic rings. The maximum Gasteiger partial charge on any atom is 0.472 e. The summed E-state index contributed by atoms with van der Waals surface area (Å²) in [4.78, 5) is 23.4. The normalized spacial score (nSPS) is 13.9. The monoisotopic (exact) mass is 1050 g/mol. The molecule has 0 aromatic rings. The number of phosphoric ester groups is 1. The lowest BCUT2D eigenvalue weighted by atomic mass is 10.0. The fraction of sp³-hybridized carbons (Fsp3) is 0.922. The van der Waals surface area contributed by atoms with Crippen molar-refractivity contribution in [1.82, 2.24) is 5.32 Å². The summed E-state index contributed by atoms with van der Waals surface area (Å²) in [5.41, 5.74) is 0. The van der Waals surface area contributed by atoms with Crippen molar-refractivity contribution in [3.05, 3.63) is 24.3 Å². The second-order valence-corrected chi connectivity index (χ2v) is 24.9. The highest BCUT2D eigenvalue weighted by Crippen LogP contribution is 2.43. The molecule has 3 N–H and O–H groups in total. The summed E-state index contributed by atoms with van der Waals surface area (Å²) >= 11 is 0. The van der Waals surface area contributed by atoms with E-state index in [-0.39, 0.29) is 19.1 Å². The molecule has 0 fully saturated rings. The van der Waals surface area contributed by atoms with E-state index in [4.69, 9.17) is 9.05 Å². The SMILES string of the molecule is CCCCCCCCCC/C=C\CCCCCCCCCCCCCC(=O)NC(COP(=O)(O)OCC[N+](C)(C)C)C(O)/C=C/CCCCCCCCCCCCCCCCCCCCCCCCCCCC. The number of carbonyl (C=O) groups is 1. The van der Waals surface area contributed by atoms with Gasteiger partial charge in [0.15, 0.2) is 0 Å². The van der Waals surface area contributed by atoms with Gasteiger partial charge >= 0.3 is 7.82 Å². The van der Waals surface area contributed by atoms with Crippen molar-refractivity contribution < 1.29 is 32.9 Å². The zero-order valence-electron chi connectivity index (χ0n) is 49.7. The van der Waals surface area contributed by atoms with Crippen LogP contribution in [0, 0.1) is 0 Å². The summed E-state index contributed by atoms with van der Waals surface area (Å²) in [6.07, 6.45) is 71.6. The molecule has 0 rings (SSSR count). The van der Waals surface area contributed by atoms with Gasteiger partial charge in [0, 0.05) is 6.42 Å². The number of hydrogen-bond donors (Lipinski definition) is 3. The summed E-state index contributed by atoms with van der Waals surface area (Å²) in [5, 5.41) is 14.0. The molecule has 9 heteroatoms. The number of unbranched alkanes of at least 4 members (excludes halogenated alkanes) is 45. The van der Waals surface area contributed by atoms with Crippen LogP contribution in [0.25, 0.3) is 0 Å². The van der Waals surface area contributed by atoms with Gasteiger partial charge in [-0.1, -0.05) is 301 Å². The van der Waals surface area contributed by atoms with E-state index in [1.54, 1.807) is 6.08 Å². The second-order valence-electron chi connectivity index (χ2n) is 23.5. The Hall–Kier alpha value is -1.02. The molecule has 0 saturated carbocycles. The minimum absolute atomic E-state index is 0.0634. The summed E-state index contributed by atoms with van der Waals surface area (Å²) in [6.45, 7) is 4.87. The number of nitrogens with one attached hydrogen (secondary N) is 1. The minimum Gasteiger partial charge on any atom is -0.387 e. The molecule has 434 valence electrons. The molecule has 0 spiro atoms. The molecule has 73 heavy (non-hydrogen) atoms. The number of carbonyl (C=O) groups excluding carboxylic acids is 1. The average Bonchev–Trinajstić information content (AvgIpc) is 3.35. The van der Waals surface area contributed by atoms with Gasteiger partial charge in [0.25, 0.3) is 0 Å². The number of likely N-dealkylation sites (N-methyl/N-ethyl adjacent to an activating group) is 1. The third-order valence-corrected chi connectivity index (χ3v) is 15.9. The third-order valence-electron chi connectivity index (χ3n) is 14.9. The number of rotatable bonds is 60. The van der Waals surface area contributed by atoms with Crippen LogP contribution >= 0.6 is 7.82 Å². The molecule has 3 atom stereocenters. The Kier molecular flexibility index (Phi) is 54.9. The molecule has 0 radical (unpaired) electrons. The van der Waals surface area contributed by atoms with Gasteiger partial charge < -0.3 is 19.8 Å². The van der Waals surface area contributed by atoms with Crippen LogP contribution in [0.15, 0.2) is 24.3 Å². The predicted octanol–water partition coefficient (Wildman–Crippen LogP) is 19.9. The number of hydrogen-bond acceptors (Lipinski definition) is 5. The first-order chi connectivity index (χ1) is 35.5. The number of allylic oxidation sites excluding steroid dienone is 3. The molecule has 1 amide bonds. The Labute approximate surface area is 455 Å². The van der Waals surface area contributed by atoms with Crippen molar-refractivity contribution in [2.45, 2.75) is 341 Å². The fourth-order valence-electron chi connectivity index (χ4n) is 9.86. The van der Waals surface area contributed by atoms with Crippen LogP contribution in [0.2, 0.25) is 0 Å². The average molecular weight is 1050 g/mol. The number of aliphatic hydroxyl groups excluding tert-OH is 1. The van der Waals surface area contributed by atoms with Crippen LogP contribution in [0.3, 0.4) is 0 Å². The Balaban J connectivity index is 4.11. The number of aliphatic hydroxyl groups is 1. The van der Waals surface area contributed by atoms with Crippen molar-refractivity contribution in [3.63, 3.8) is 0 Å². The molecule has 0 aliphatic carbocycles. The summed E-state index contributed by atoms with van der Waals surface area (Å²) in [7, 11) is 1.59. The molecule has 8 nitrogen and oxygen atoms in total. The molecule has 0 aromatic carbocycles. The van der Waals surface area contributed by atoms with Crippen molar-refractivity contribution in [1.29, 1.82) is 0 Å². The summed E-state index contributed by atoms with van der Waals surface area (Å²) in [5.74, 6) is -0.172. The summed E-state index contributed by atoms with van der Waals surface area (Å²) in [6, 6.07) is -0.846. The molecular weight excluding hydrogens is 924 g/mol. The first-order valence-corrected chi connectivity index (χ1v) is 33.7. The van der Waals surface area contributed by atoms with Crippen LogP contribution in [0.4, 0.5) is 0 Å². The van der Waals surface area contributed by atoms with Crippen molar-refractivity contribution >= 4 is 13.7 Å². The lowest BCUT2D eigenvalue weighted by Gasteiger charge is -2.25. The van der Waals surface area contributed by atoms with Crippen LogP contribution in [-0.4, -0.2) is 73.4 Å². The molecule has 0 heterocycles. The van der Waals surface area contributed by atoms with E-state index in [1.165, 1.54) is 276 Å². The summed E-state index contributed by atoms with van der Waals surface area (Å²) < 4.78 is 23.8. The Bertz CT molecular complexity index is 1240. The van der Waals surface area contributed by atoms with Crippen molar-refractivity contribution in [2.24, 2.45) is 0 Å². The Morgan fingerprint density at radius 1 is 0.452 bits per heavy atom. The van der Waals surface area contributed by atoms with Gasteiger partial charge in [0.05, 0.1) is 39.9 Å². The predicted molar refractivity (Wildman–Crippen MR) is 318 cm³/mol. The van der Waals surface area contributed by atoms with E-state index in [0.717, 1.165) is 32.1 Å². The highest BCUT2D eigenvalue weighted by atomic mass is 31.2. The van der Waals surface area contributed by atoms with Crippen LogP contribution < -0.4 is 5.32 Å². The van der Waals surface area contributed by atoms with E-state index < -0.39 is 20.0 Å². The molecular formula is C64H128N2O6P+. The van der Waals surface area contributed by atoms with Gasteiger partial charge in [-0.15, -0.1) is 0 Å². The number of amides is 1. The van der Waals surface area contributed by atoms with Crippen molar-refractivity contribution in [2.75, 3.05) is 40.9 Å². The van der Waals surface area contributed by atoms with E-state index >= 15 is 0 Å². The molecule has 0 bridgehead atoms. The maximum atomic E-state index is 13.0. The quantitative estimate of drug-likeness (QED) is 0.0243.